The van der Waals surface area contributed by atoms with Gasteiger partial charge in [0.25, 0.3) is 0 Å². The van der Waals surface area contributed by atoms with Gasteiger partial charge in [0.05, 0.1) is 12.3 Å². The summed E-state index contributed by atoms with van der Waals surface area (Å²) in [6.45, 7) is 2.99. The van der Waals surface area contributed by atoms with Gasteiger partial charge in [-0.05, 0) is 26.2 Å². The van der Waals surface area contributed by atoms with Crippen molar-refractivity contribution in [2.24, 2.45) is 8.80 Å². The molecule has 0 atom stereocenters. The molecule has 0 bridgehead atoms. The standard InChI is InChI=1S/C16H25N5O3S3/c1-20(2)11-13-3-4-14(24-13)12-26-8-5-17-15-16(19-27(22,23)18-15)21-6-9-25-10-7-21/h3-4H,5-12H2,1-2H3,(H,17,18). The van der Waals surface area contributed by atoms with Crippen molar-refractivity contribution in [3.05, 3.63) is 23.7 Å². The Kier molecular flexibility index (Phi) is 7.12. The monoisotopic (exact) mass is 431 g/mol. The van der Waals surface area contributed by atoms with Crippen molar-refractivity contribution >= 4 is 45.4 Å². The maximum absolute atomic E-state index is 11.8. The smallest absolute Gasteiger partial charge is 0.367 e. The van der Waals surface area contributed by atoms with Gasteiger partial charge in [-0.15, -0.1) is 8.80 Å². The summed E-state index contributed by atoms with van der Waals surface area (Å²) in [6.07, 6.45) is 0. The van der Waals surface area contributed by atoms with Gasteiger partial charge in [-0.3, -0.25) is 0 Å². The molecule has 2 aliphatic heterocycles. The van der Waals surface area contributed by atoms with Crippen molar-refractivity contribution < 1.29 is 12.8 Å². The molecule has 1 N–H and O–H groups in total. The third kappa shape index (κ3) is 6.16. The summed E-state index contributed by atoms with van der Waals surface area (Å²) in [5, 5.41) is 3.14. The number of thioether (sulfide) groups is 2. The molecule has 3 heterocycles. The van der Waals surface area contributed by atoms with Gasteiger partial charge in [-0.1, -0.05) is 0 Å². The van der Waals surface area contributed by atoms with Crippen LogP contribution in [-0.2, 0) is 22.5 Å². The summed E-state index contributed by atoms with van der Waals surface area (Å²) >= 11 is 3.59. The van der Waals surface area contributed by atoms with Crippen molar-refractivity contribution in [2.45, 2.75) is 12.3 Å². The highest BCUT2D eigenvalue weighted by molar-refractivity contribution is 7.99. The maximum Gasteiger partial charge on any atom is 0.367 e. The largest absolute Gasteiger partial charge is 0.464 e. The Hall–Kier alpha value is -1.17. The number of nitrogens with zero attached hydrogens (tertiary/aromatic N) is 4. The van der Waals surface area contributed by atoms with Crippen molar-refractivity contribution in [1.82, 2.24) is 15.1 Å². The minimum atomic E-state index is -3.75. The first-order valence-corrected chi connectivity index (χ1v) is 12.5. The Labute approximate surface area is 169 Å². The third-order valence-electron chi connectivity index (χ3n) is 3.90. The maximum atomic E-state index is 11.8. The summed E-state index contributed by atoms with van der Waals surface area (Å²) in [5.41, 5.74) is 0. The van der Waals surface area contributed by atoms with E-state index in [-0.39, 0.29) is 0 Å². The molecule has 11 heteroatoms. The van der Waals surface area contributed by atoms with Crippen molar-refractivity contribution in [3.8, 4) is 0 Å². The predicted molar refractivity (Wildman–Crippen MR) is 113 cm³/mol. The molecule has 150 valence electrons. The summed E-state index contributed by atoms with van der Waals surface area (Å²) in [4.78, 5) is 4.06. The lowest BCUT2D eigenvalue weighted by molar-refractivity contribution is 0.344. The Bertz CT molecular complexity index is 798. The molecule has 2 aliphatic rings. The fourth-order valence-electron chi connectivity index (χ4n) is 2.73. The third-order valence-corrected chi connectivity index (χ3v) is 6.64. The van der Waals surface area contributed by atoms with E-state index < -0.39 is 10.2 Å². The van der Waals surface area contributed by atoms with E-state index in [0.29, 0.717) is 18.2 Å². The van der Waals surface area contributed by atoms with Crippen LogP contribution in [0.15, 0.2) is 25.3 Å². The number of furan rings is 1. The van der Waals surface area contributed by atoms with Crippen LogP contribution in [0, 0.1) is 0 Å². The first-order valence-electron chi connectivity index (χ1n) is 8.75. The van der Waals surface area contributed by atoms with Crippen LogP contribution in [0.1, 0.15) is 11.5 Å². The van der Waals surface area contributed by atoms with E-state index >= 15 is 0 Å². The minimum absolute atomic E-state index is 0.369. The van der Waals surface area contributed by atoms with Gasteiger partial charge in [0, 0.05) is 36.9 Å². The van der Waals surface area contributed by atoms with E-state index in [1.54, 1.807) is 11.8 Å². The topological polar surface area (TPSA) is 90.5 Å². The van der Waals surface area contributed by atoms with Crippen LogP contribution >= 0.6 is 23.5 Å². The number of nitrogens with one attached hydrogen (secondary N) is 1. The van der Waals surface area contributed by atoms with E-state index in [4.69, 9.17) is 4.42 Å². The van der Waals surface area contributed by atoms with Gasteiger partial charge in [-0.25, -0.2) is 0 Å². The van der Waals surface area contributed by atoms with E-state index in [1.807, 2.05) is 42.9 Å². The molecule has 0 amide bonds. The predicted octanol–water partition coefficient (Wildman–Crippen LogP) is 1.27. The van der Waals surface area contributed by atoms with E-state index in [2.05, 4.69) is 19.0 Å². The van der Waals surface area contributed by atoms with Gasteiger partial charge in [-0.2, -0.15) is 31.9 Å². The van der Waals surface area contributed by atoms with E-state index in [0.717, 1.165) is 54.2 Å². The molecule has 1 aromatic rings. The summed E-state index contributed by atoms with van der Waals surface area (Å²) < 4.78 is 36.9. The van der Waals surface area contributed by atoms with Crippen LogP contribution in [0.2, 0.25) is 0 Å². The zero-order valence-electron chi connectivity index (χ0n) is 15.5. The number of hydrogen-bond donors (Lipinski definition) is 1. The Balaban J connectivity index is 1.44. The highest BCUT2D eigenvalue weighted by Gasteiger charge is 2.29. The van der Waals surface area contributed by atoms with Crippen molar-refractivity contribution in [2.75, 3.05) is 51.0 Å². The minimum Gasteiger partial charge on any atom is -0.464 e. The summed E-state index contributed by atoms with van der Waals surface area (Å²) in [7, 11) is 0.270. The molecule has 0 unspecified atom stereocenters. The van der Waals surface area contributed by atoms with Crippen LogP contribution in [-0.4, -0.2) is 80.9 Å². The molecule has 0 aliphatic carbocycles. The van der Waals surface area contributed by atoms with Gasteiger partial charge >= 0.3 is 10.2 Å². The fourth-order valence-corrected chi connectivity index (χ4v) is 5.22. The molecule has 0 spiro atoms. The second-order valence-corrected chi connectivity index (χ2v) is 10.1. The molecule has 1 saturated heterocycles. The highest BCUT2D eigenvalue weighted by atomic mass is 32.2. The molecule has 8 nitrogen and oxygen atoms in total. The molecule has 1 fully saturated rings. The van der Waals surface area contributed by atoms with Gasteiger partial charge < -0.3 is 19.5 Å². The van der Waals surface area contributed by atoms with Crippen LogP contribution in [0.3, 0.4) is 0 Å². The van der Waals surface area contributed by atoms with Gasteiger partial charge in [0.2, 0.25) is 0 Å². The SMILES string of the molecule is CN(C)Cc1ccc(CSCCNC2=NS(=O)(=O)N=C2N2CCSCC2)o1. The van der Waals surface area contributed by atoms with Gasteiger partial charge in [0.15, 0.2) is 11.7 Å². The lowest BCUT2D eigenvalue weighted by Gasteiger charge is -2.28. The molecule has 3 rings (SSSR count). The zero-order chi connectivity index (χ0) is 19.3. The van der Waals surface area contributed by atoms with Gasteiger partial charge in [0.1, 0.15) is 11.5 Å². The molecular weight excluding hydrogens is 406 g/mol. The number of rotatable bonds is 7. The normalized spacial score (nSPS) is 19.3. The summed E-state index contributed by atoms with van der Waals surface area (Å²) in [6, 6.07) is 4.01. The van der Waals surface area contributed by atoms with Crippen molar-refractivity contribution in [1.29, 1.82) is 0 Å². The van der Waals surface area contributed by atoms with Crippen LogP contribution in [0.5, 0.6) is 0 Å². The second kappa shape index (κ2) is 9.35. The number of amidine groups is 2. The van der Waals surface area contributed by atoms with E-state index in [1.165, 1.54) is 0 Å². The average Bonchev–Trinajstić information content (AvgIpc) is 3.18. The zero-order valence-corrected chi connectivity index (χ0v) is 18.0. The number of hydrogen-bond acceptors (Lipinski definition) is 8. The highest BCUT2D eigenvalue weighted by Crippen LogP contribution is 2.17. The first kappa shape index (κ1) is 20.6. The Morgan fingerprint density at radius 2 is 2.00 bits per heavy atom. The van der Waals surface area contributed by atoms with Crippen LogP contribution in [0.25, 0.3) is 0 Å². The first-order chi connectivity index (χ1) is 12.9. The molecule has 27 heavy (non-hydrogen) atoms. The lowest BCUT2D eigenvalue weighted by atomic mass is 10.4. The summed E-state index contributed by atoms with van der Waals surface area (Å²) in [5.74, 6) is 6.28. The van der Waals surface area contributed by atoms with Crippen LogP contribution in [0.4, 0.5) is 0 Å². The fraction of sp³-hybridized carbons (Fsp3) is 0.625. The molecular formula is C16H25N5O3S3. The quantitative estimate of drug-likeness (QED) is 0.646. The molecule has 0 radical (unpaired) electrons. The Morgan fingerprint density at radius 3 is 2.74 bits per heavy atom. The average molecular weight is 432 g/mol. The molecule has 1 aromatic heterocycles. The van der Waals surface area contributed by atoms with E-state index in [9.17, 15) is 8.42 Å². The molecule has 0 aromatic carbocycles. The van der Waals surface area contributed by atoms with Crippen molar-refractivity contribution in [3.63, 3.8) is 0 Å². The Morgan fingerprint density at radius 1 is 1.26 bits per heavy atom. The van der Waals surface area contributed by atoms with Crippen LogP contribution < -0.4 is 5.32 Å². The lowest BCUT2D eigenvalue weighted by Crippen LogP contribution is -2.45. The molecule has 0 saturated carbocycles. The second-order valence-electron chi connectivity index (χ2n) is 6.49.